The highest BCUT2D eigenvalue weighted by Crippen LogP contribution is 2.27. The number of sulfonamides is 1. The molecule has 0 bridgehead atoms. The third kappa shape index (κ3) is 4.53. The smallest absolute Gasteiger partial charge is 0.241 e. The van der Waals surface area contributed by atoms with E-state index in [2.05, 4.69) is 15.0 Å². The van der Waals surface area contributed by atoms with Gasteiger partial charge in [-0.25, -0.2) is 13.1 Å². The van der Waals surface area contributed by atoms with Crippen LogP contribution in [0.5, 0.6) is 5.75 Å². The minimum atomic E-state index is -3.75. The van der Waals surface area contributed by atoms with Crippen LogP contribution in [0.25, 0.3) is 0 Å². The van der Waals surface area contributed by atoms with Crippen molar-refractivity contribution in [1.29, 1.82) is 0 Å². The maximum Gasteiger partial charge on any atom is 0.241 e. The molecule has 1 aromatic carbocycles. The topological polar surface area (TPSA) is 97.4 Å². The van der Waals surface area contributed by atoms with Gasteiger partial charge in [0.1, 0.15) is 5.75 Å². The average molecular weight is 349 g/mol. The molecule has 0 radical (unpaired) electrons. The van der Waals surface area contributed by atoms with E-state index < -0.39 is 10.0 Å². The third-order valence-corrected chi connectivity index (χ3v) is 4.64. The van der Waals surface area contributed by atoms with Gasteiger partial charge < -0.3 is 10.1 Å². The number of anilines is 1. The van der Waals surface area contributed by atoms with Crippen LogP contribution < -0.4 is 14.8 Å². The minimum Gasteiger partial charge on any atom is -0.495 e. The fourth-order valence-electron chi connectivity index (χ4n) is 1.95. The highest BCUT2D eigenvalue weighted by Gasteiger charge is 2.17. The van der Waals surface area contributed by atoms with Crippen LogP contribution in [0.15, 0.2) is 47.5 Å². The monoisotopic (exact) mass is 349 g/mol. The summed E-state index contributed by atoms with van der Waals surface area (Å²) >= 11 is 0. The van der Waals surface area contributed by atoms with Gasteiger partial charge in [0, 0.05) is 12.6 Å². The predicted octanol–water partition coefficient (Wildman–Crippen LogP) is 1.92. The molecule has 0 spiro atoms. The quantitative estimate of drug-likeness (QED) is 0.796. The molecule has 1 amide bonds. The van der Waals surface area contributed by atoms with E-state index in [0.717, 1.165) is 0 Å². The Morgan fingerprint density at radius 1 is 1.25 bits per heavy atom. The molecule has 1 aromatic heterocycles. The molecule has 8 heteroatoms. The van der Waals surface area contributed by atoms with Gasteiger partial charge in [0.15, 0.2) is 0 Å². The Labute approximate surface area is 141 Å². The first-order valence-corrected chi connectivity index (χ1v) is 8.82. The SMILES string of the molecule is CCC(=O)Nc1cc(S(=O)(=O)NCc2ccccn2)ccc1OC. The minimum absolute atomic E-state index is 0.0330. The zero-order valence-corrected chi connectivity index (χ0v) is 14.3. The second kappa shape index (κ2) is 7.89. The highest BCUT2D eigenvalue weighted by molar-refractivity contribution is 7.89. The number of nitrogens with one attached hydrogen (secondary N) is 2. The van der Waals surface area contributed by atoms with Gasteiger partial charge in [-0.15, -0.1) is 0 Å². The molecule has 0 aliphatic heterocycles. The van der Waals surface area contributed by atoms with Gasteiger partial charge in [-0.1, -0.05) is 13.0 Å². The van der Waals surface area contributed by atoms with Gasteiger partial charge in [0.25, 0.3) is 0 Å². The maximum atomic E-state index is 12.4. The molecule has 0 fully saturated rings. The lowest BCUT2D eigenvalue weighted by atomic mass is 10.3. The van der Waals surface area contributed by atoms with E-state index in [9.17, 15) is 13.2 Å². The van der Waals surface area contributed by atoms with Crippen molar-refractivity contribution in [3.8, 4) is 5.75 Å². The van der Waals surface area contributed by atoms with Crippen molar-refractivity contribution < 1.29 is 17.9 Å². The van der Waals surface area contributed by atoms with E-state index in [1.807, 2.05) is 0 Å². The standard InChI is InChI=1S/C16H19N3O4S/c1-3-16(20)19-14-10-13(7-8-15(14)23-2)24(21,22)18-11-12-6-4-5-9-17-12/h4-10,18H,3,11H2,1-2H3,(H,19,20). The number of nitrogens with zero attached hydrogens (tertiary/aromatic N) is 1. The Morgan fingerprint density at radius 3 is 2.67 bits per heavy atom. The molecule has 2 rings (SSSR count). The lowest BCUT2D eigenvalue weighted by molar-refractivity contribution is -0.115. The van der Waals surface area contributed by atoms with Crippen molar-refractivity contribution in [2.24, 2.45) is 0 Å². The summed E-state index contributed by atoms with van der Waals surface area (Å²) in [6, 6.07) is 9.55. The Hall–Kier alpha value is -2.45. The van der Waals surface area contributed by atoms with E-state index in [1.165, 1.54) is 25.3 Å². The fourth-order valence-corrected chi connectivity index (χ4v) is 2.97. The molecule has 1 heterocycles. The number of methoxy groups -OCH3 is 1. The molecule has 24 heavy (non-hydrogen) atoms. The average Bonchev–Trinajstić information content (AvgIpc) is 2.60. The largest absolute Gasteiger partial charge is 0.495 e. The van der Waals surface area contributed by atoms with E-state index in [-0.39, 0.29) is 23.8 Å². The first-order valence-electron chi connectivity index (χ1n) is 7.33. The first kappa shape index (κ1) is 17.9. The number of amides is 1. The van der Waals surface area contributed by atoms with Crippen molar-refractivity contribution in [3.63, 3.8) is 0 Å². The molecular formula is C16H19N3O4S. The van der Waals surface area contributed by atoms with Crippen LogP contribution in [-0.2, 0) is 21.4 Å². The summed E-state index contributed by atoms with van der Waals surface area (Å²) in [4.78, 5) is 15.7. The van der Waals surface area contributed by atoms with Crippen LogP contribution >= 0.6 is 0 Å². The number of benzene rings is 1. The van der Waals surface area contributed by atoms with Gasteiger partial charge in [-0.2, -0.15) is 0 Å². The van der Waals surface area contributed by atoms with Crippen molar-refractivity contribution in [1.82, 2.24) is 9.71 Å². The van der Waals surface area contributed by atoms with E-state index in [1.54, 1.807) is 31.3 Å². The summed E-state index contributed by atoms with van der Waals surface area (Å²) in [7, 11) is -2.30. The summed E-state index contributed by atoms with van der Waals surface area (Å²) in [6.45, 7) is 1.78. The van der Waals surface area contributed by atoms with E-state index in [0.29, 0.717) is 17.1 Å². The Bertz CT molecular complexity index is 807. The lowest BCUT2D eigenvalue weighted by Gasteiger charge is -2.12. The molecule has 2 N–H and O–H groups in total. The van der Waals surface area contributed by atoms with Gasteiger partial charge >= 0.3 is 0 Å². The number of pyridine rings is 1. The summed E-state index contributed by atoms with van der Waals surface area (Å²) in [5, 5.41) is 2.63. The number of rotatable bonds is 7. The zero-order valence-electron chi connectivity index (χ0n) is 13.4. The highest BCUT2D eigenvalue weighted by atomic mass is 32.2. The van der Waals surface area contributed by atoms with E-state index in [4.69, 9.17) is 4.74 Å². The maximum absolute atomic E-state index is 12.4. The molecular weight excluding hydrogens is 330 g/mol. The van der Waals surface area contributed by atoms with Gasteiger partial charge in [0.2, 0.25) is 15.9 Å². The fraction of sp³-hybridized carbons (Fsp3) is 0.250. The second-order valence-corrected chi connectivity index (χ2v) is 6.68. The molecule has 0 saturated carbocycles. The van der Waals surface area contributed by atoms with E-state index >= 15 is 0 Å². The van der Waals surface area contributed by atoms with Crippen LogP contribution in [0, 0.1) is 0 Å². The molecule has 2 aromatic rings. The van der Waals surface area contributed by atoms with Gasteiger partial charge in [-0.3, -0.25) is 9.78 Å². The first-order chi connectivity index (χ1) is 11.5. The number of ether oxygens (including phenoxy) is 1. The summed E-state index contributed by atoms with van der Waals surface area (Å²) in [6.07, 6.45) is 1.87. The van der Waals surface area contributed by atoms with Gasteiger partial charge in [0.05, 0.1) is 29.9 Å². The van der Waals surface area contributed by atoms with Crippen molar-refractivity contribution in [2.75, 3.05) is 12.4 Å². The zero-order chi connectivity index (χ0) is 17.6. The molecule has 0 aliphatic rings. The summed E-state index contributed by atoms with van der Waals surface area (Å²) in [5.74, 6) is 0.157. The molecule has 0 unspecified atom stereocenters. The van der Waals surface area contributed by atoms with Crippen molar-refractivity contribution in [3.05, 3.63) is 48.3 Å². The van der Waals surface area contributed by atoms with Crippen molar-refractivity contribution >= 4 is 21.6 Å². The molecule has 128 valence electrons. The second-order valence-electron chi connectivity index (χ2n) is 4.91. The number of carbonyl (C=O) groups is 1. The molecule has 0 aliphatic carbocycles. The molecule has 0 atom stereocenters. The predicted molar refractivity (Wildman–Crippen MR) is 90.2 cm³/mol. The number of carbonyl (C=O) groups excluding carboxylic acids is 1. The molecule has 0 saturated heterocycles. The van der Waals surface area contributed by atoms with Gasteiger partial charge in [-0.05, 0) is 30.3 Å². The van der Waals surface area contributed by atoms with Crippen molar-refractivity contribution in [2.45, 2.75) is 24.8 Å². The summed E-state index contributed by atoms with van der Waals surface area (Å²) < 4.78 is 32.5. The lowest BCUT2D eigenvalue weighted by Crippen LogP contribution is -2.24. The number of hydrogen-bond donors (Lipinski definition) is 2. The van der Waals surface area contributed by atoms with Crippen LogP contribution in [0.2, 0.25) is 0 Å². The normalized spacial score (nSPS) is 11.1. The number of hydrogen-bond acceptors (Lipinski definition) is 5. The van der Waals surface area contributed by atoms with Crippen LogP contribution in [0.1, 0.15) is 19.0 Å². The number of aromatic nitrogens is 1. The Kier molecular flexibility index (Phi) is 5.88. The third-order valence-electron chi connectivity index (χ3n) is 3.25. The molecule has 7 nitrogen and oxygen atoms in total. The Morgan fingerprint density at radius 2 is 2.04 bits per heavy atom. The van der Waals surface area contributed by atoms with Crippen LogP contribution in [-0.4, -0.2) is 26.4 Å². The Balaban J connectivity index is 2.23. The van der Waals surface area contributed by atoms with Crippen LogP contribution in [0.3, 0.4) is 0 Å². The van der Waals surface area contributed by atoms with Crippen LogP contribution in [0.4, 0.5) is 5.69 Å². The summed E-state index contributed by atoms with van der Waals surface area (Å²) in [5.41, 5.74) is 0.916.